The monoisotopic (exact) mass is 198 g/mol. The molecule has 0 aliphatic carbocycles. The molecule has 1 rings (SSSR count). The molecule has 1 nitrogen and oxygen atoms in total. The maximum Gasteiger partial charge on any atom is 0.132 e. The minimum absolute atomic E-state index is 0.00861. The molecule has 0 saturated carbocycles. The van der Waals surface area contributed by atoms with Gasteiger partial charge in [0.05, 0.1) is 0 Å². The van der Waals surface area contributed by atoms with Crippen molar-refractivity contribution in [2.24, 2.45) is 0 Å². The average Bonchev–Trinajstić information content (AvgIpc) is 2.16. The first-order chi connectivity index (χ1) is 6.65. The number of hydrogen-bond donors (Lipinski definition) is 0. The summed E-state index contributed by atoms with van der Waals surface area (Å²) in [5, 5.41) is 0. The molecule has 0 aliphatic heterocycles. The predicted octanol–water partition coefficient (Wildman–Crippen LogP) is 2.88. The second kappa shape index (κ2) is 4.84. The summed E-state index contributed by atoms with van der Waals surface area (Å²) >= 11 is 0. The summed E-state index contributed by atoms with van der Waals surface area (Å²) in [4.78, 5) is 11.0. The largest absolute Gasteiger partial charge is 0.300 e. The Bertz CT molecular complexity index is 314. The first kappa shape index (κ1) is 10.8. The number of rotatable bonds is 4. The van der Waals surface area contributed by atoms with Gasteiger partial charge in [-0.25, -0.2) is 8.78 Å². The minimum atomic E-state index is -0.575. The van der Waals surface area contributed by atoms with Crippen molar-refractivity contribution in [2.75, 3.05) is 0 Å². The van der Waals surface area contributed by atoms with Crippen LogP contribution in [0.15, 0.2) is 18.2 Å². The van der Waals surface area contributed by atoms with Crippen LogP contribution >= 0.6 is 0 Å². The second-order valence-electron chi connectivity index (χ2n) is 3.09. The highest BCUT2D eigenvalue weighted by Crippen LogP contribution is 2.14. The van der Waals surface area contributed by atoms with Gasteiger partial charge in [-0.05, 0) is 18.6 Å². The fourth-order valence-electron chi connectivity index (χ4n) is 1.21. The van der Waals surface area contributed by atoms with Gasteiger partial charge >= 0.3 is 0 Å². The summed E-state index contributed by atoms with van der Waals surface area (Å²) in [5.74, 6) is -1.13. The molecule has 1 aromatic rings. The molecule has 0 heterocycles. The van der Waals surface area contributed by atoms with E-state index in [-0.39, 0.29) is 24.2 Å². The molecule has 1 aromatic carbocycles. The van der Waals surface area contributed by atoms with Gasteiger partial charge in [0.2, 0.25) is 0 Å². The normalized spacial score (nSPS) is 10.2. The maximum absolute atomic E-state index is 13.1. The summed E-state index contributed by atoms with van der Waals surface area (Å²) in [5.41, 5.74) is 0.00861. The van der Waals surface area contributed by atoms with Crippen LogP contribution in [-0.2, 0) is 11.2 Å². The third-order valence-corrected chi connectivity index (χ3v) is 2.11. The first-order valence-corrected chi connectivity index (χ1v) is 4.59. The summed E-state index contributed by atoms with van der Waals surface area (Å²) < 4.78 is 26.1. The van der Waals surface area contributed by atoms with E-state index in [1.54, 1.807) is 6.92 Å². The van der Waals surface area contributed by atoms with Gasteiger partial charge in [-0.2, -0.15) is 0 Å². The van der Waals surface area contributed by atoms with E-state index in [0.717, 1.165) is 0 Å². The van der Waals surface area contributed by atoms with Crippen molar-refractivity contribution in [1.82, 2.24) is 0 Å². The van der Waals surface area contributed by atoms with Crippen molar-refractivity contribution in [3.05, 3.63) is 35.4 Å². The molecule has 0 aromatic heterocycles. The Balaban J connectivity index is 2.71. The summed E-state index contributed by atoms with van der Waals surface area (Å²) in [6.45, 7) is 1.74. The van der Waals surface area contributed by atoms with E-state index in [1.807, 2.05) is 0 Å². The van der Waals surface area contributed by atoms with Crippen molar-refractivity contribution in [3.63, 3.8) is 0 Å². The van der Waals surface area contributed by atoms with Gasteiger partial charge in [0.1, 0.15) is 17.4 Å². The van der Waals surface area contributed by atoms with Crippen LogP contribution in [0, 0.1) is 11.6 Å². The van der Waals surface area contributed by atoms with Gasteiger partial charge in [0.25, 0.3) is 0 Å². The molecule has 0 unspecified atom stereocenters. The molecule has 0 radical (unpaired) electrons. The Morgan fingerprint density at radius 3 is 2.36 bits per heavy atom. The van der Waals surface area contributed by atoms with E-state index >= 15 is 0 Å². The standard InChI is InChI=1S/C11H12F2O/c1-2-8(14)6-7-9-10(12)4-3-5-11(9)13/h3-5H,2,6-7H2,1H3. The highest BCUT2D eigenvalue weighted by Gasteiger charge is 2.09. The zero-order chi connectivity index (χ0) is 10.6. The number of carbonyl (C=O) groups excluding carboxylic acids is 1. The Morgan fingerprint density at radius 1 is 1.29 bits per heavy atom. The van der Waals surface area contributed by atoms with Crippen LogP contribution in [0.25, 0.3) is 0 Å². The topological polar surface area (TPSA) is 17.1 Å². The molecule has 0 fully saturated rings. The fraction of sp³-hybridized carbons (Fsp3) is 0.364. The van der Waals surface area contributed by atoms with E-state index in [2.05, 4.69) is 0 Å². The van der Waals surface area contributed by atoms with Crippen molar-refractivity contribution in [2.45, 2.75) is 26.2 Å². The highest BCUT2D eigenvalue weighted by molar-refractivity contribution is 5.78. The third-order valence-electron chi connectivity index (χ3n) is 2.11. The lowest BCUT2D eigenvalue weighted by atomic mass is 10.1. The fourth-order valence-corrected chi connectivity index (χ4v) is 1.21. The lowest BCUT2D eigenvalue weighted by Crippen LogP contribution is -2.01. The second-order valence-corrected chi connectivity index (χ2v) is 3.09. The highest BCUT2D eigenvalue weighted by atomic mass is 19.1. The Hall–Kier alpha value is -1.25. The molecule has 3 heteroatoms. The minimum Gasteiger partial charge on any atom is -0.300 e. The van der Waals surface area contributed by atoms with E-state index < -0.39 is 11.6 Å². The van der Waals surface area contributed by atoms with Crippen molar-refractivity contribution in [1.29, 1.82) is 0 Å². The van der Waals surface area contributed by atoms with E-state index in [0.29, 0.717) is 6.42 Å². The quantitative estimate of drug-likeness (QED) is 0.727. The molecule has 0 saturated heterocycles. The molecule has 0 spiro atoms. The third kappa shape index (κ3) is 2.62. The SMILES string of the molecule is CCC(=O)CCc1c(F)cccc1F. The van der Waals surface area contributed by atoms with Crippen molar-refractivity contribution < 1.29 is 13.6 Å². The Kier molecular flexibility index (Phi) is 3.74. The summed E-state index contributed by atoms with van der Waals surface area (Å²) in [6.07, 6.45) is 0.760. The average molecular weight is 198 g/mol. The van der Waals surface area contributed by atoms with Gasteiger partial charge in [0.15, 0.2) is 0 Å². The van der Waals surface area contributed by atoms with Gasteiger partial charge in [-0.3, -0.25) is 4.79 Å². The number of carbonyl (C=O) groups is 1. The molecule has 0 atom stereocenters. The van der Waals surface area contributed by atoms with Gasteiger partial charge in [0, 0.05) is 18.4 Å². The maximum atomic E-state index is 13.1. The van der Waals surface area contributed by atoms with Crippen molar-refractivity contribution >= 4 is 5.78 Å². The van der Waals surface area contributed by atoms with Crippen LogP contribution in [0.5, 0.6) is 0 Å². The smallest absolute Gasteiger partial charge is 0.132 e. The molecule has 0 N–H and O–H groups in total. The molecule has 14 heavy (non-hydrogen) atoms. The number of benzene rings is 1. The van der Waals surface area contributed by atoms with Crippen molar-refractivity contribution in [3.8, 4) is 0 Å². The van der Waals surface area contributed by atoms with Crippen LogP contribution in [0.1, 0.15) is 25.3 Å². The van der Waals surface area contributed by atoms with Crippen LogP contribution in [0.2, 0.25) is 0 Å². The first-order valence-electron chi connectivity index (χ1n) is 4.59. The van der Waals surface area contributed by atoms with Crippen LogP contribution in [-0.4, -0.2) is 5.78 Å². The number of ketones is 1. The molecule has 0 amide bonds. The number of hydrogen-bond acceptors (Lipinski definition) is 1. The predicted molar refractivity (Wildman–Crippen MR) is 50.0 cm³/mol. The lowest BCUT2D eigenvalue weighted by Gasteiger charge is -2.03. The molecule has 0 bridgehead atoms. The van der Waals surface area contributed by atoms with Gasteiger partial charge < -0.3 is 0 Å². The zero-order valence-corrected chi connectivity index (χ0v) is 8.02. The number of halogens is 2. The zero-order valence-electron chi connectivity index (χ0n) is 8.02. The molecule has 0 aliphatic rings. The molecular weight excluding hydrogens is 186 g/mol. The Labute approximate surface area is 81.7 Å². The lowest BCUT2D eigenvalue weighted by molar-refractivity contribution is -0.118. The van der Waals surface area contributed by atoms with Gasteiger partial charge in [-0.15, -0.1) is 0 Å². The summed E-state index contributed by atoms with van der Waals surface area (Å²) in [6, 6.07) is 3.72. The van der Waals surface area contributed by atoms with Crippen LogP contribution in [0.4, 0.5) is 8.78 Å². The summed E-state index contributed by atoms with van der Waals surface area (Å²) in [7, 11) is 0. The Morgan fingerprint density at radius 2 is 1.86 bits per heavy atom. The van der Waals surface area contributed by atoms with Gasteiger partial charge in [-0.1, -0.05) is 13.0 Å². The van der Waals surface area contributed by atoms with Crippen LogP contribution in [0.3, 0.4) is 0 Å². The van der Waals surface area contributed by atoms with E-state index in [9.17, 15) is 13.6 Å². The molecular formula is C11H12F2O. The molecule has 76 valence electrons. The van der Waals surface area contributed by atoms with E-state index in [4.69, 9.17) is 0 Å². The van der Waals surface area contributed by atoms with E-state index in [1.165, 1.54) is 18.2 Å². The van der Waals surface area contributed by atoms with Crippen LogP contribution < -0.4 is 0 Å². The number of Topliss-reactive ketones (excluding diaryl/α,β-unsaturated/α-hetero) is 1.